The number of carbonyl (C=O) groups is 1. The topological polar surface area (TPSA) is 55.4 Å². The Hall–Kier alpha value is -1.12. The van der Waals surface area contributed by atoms with Crippen LogP contribution in [0.5, 0.6) is 0 Å². The fourth-order valence-electron chi connectivity index (χ4n) is 1.67. The maximum atomic E-state index is 10.8. The molecule has 15 heavy (non-hydrogen) atoms. The SMILES string of the molecule is CC(C)(C=O)C[C@@H]1NC(C)(C)OC1=C=O. The van der Waals surface area contributed by atoms with Gasteiger partial charge in [0.25, 0.3) is 0 Å². The van der Waals surface area contributed by atoms with Crippen LogP contribution in [0.3, 0.4) is 0 Å². The predicted octanol–water partition coefficient (Wildman–Crippen LogP) is 1.04. The summed E-state index contributed by atoms with van der Waals surface area (Å²) in [4.78, 5) is 21.5. The van der Waals surface area contributed by atoms with Crippen LogP contribution in [0, 0.1) is 5.41 Å². The molecular formula is C11H17NO3. The van der Waals surface area contributed by atoms with Gasteiger partial charge >= 0.3 is 0 Å². The monoisotopic (exact) mass is 211 g/mol. The summed E-state index contributed by atoms with van der Waals surface area (Å²) in [6.45, 7) is 7.32. The zero-order chi connectivity index (χ0) is 11.7. The van der Waals surface area contributed by atoms with E-state index in [9.17, 15) is 9.59 Å². The van der Waals surface area contributed by atoms with Crippen LogP contribution in [-0.4, -0.2) is 24.0 Å². The Balaban J connectivity index is 2.79. The maximum absolute atomic E-state index is 10.8. The van der Waals surface area contributed by atoms with Gasteiger partial charge < -0.3 is 9.53 Å². The summed E-state index contributed by atoms with van der Waals surface area (Å²) in [5.74, 6) is 2.04. The van der Waals surface area contributed by atoms with Crippen molar-refractivity contribution in [3.63, 3.8) is 0 Å². The van der Waals surface area contributed by atoms with E-state index in [2.05, 4.69) is 5.32 Å². The number of nitrogens with one attached hydrogen (secondary N) is 1. The lowest BCUT2D eigenvalue weighted by Crippen LogP contribution is -2.40. The molecule has 1 aliphatic heterocycles. The first kappa shape index (κ1) is 12.0. The molecule has 0 bridgehead atoms. The fraction of sp³-hybridized carbons (Fsp3) is 0.727. The van der Waals surface area contributed by atoms with Gasteiger partial charge in [-0.3, -0.25) is 5.32 Å². The Labute approximate surface area is 89.7 Å². The van der Waals surface area contributed by atoms with E-state index < -0.39 is 11.1 Å². The molecule has 0 aromatic carbocycles. The van der Waals surface area contributed by atoms with Gasteiger partial charge in [-0.15, -0.1) is 0 Å². The summed E-state index contributed by atoms with van der Waals surface area (Å²) < 4.78 is 5.37. The second kappa shape index (κ2) is 3.80. The molecule has 0 spiro atoms. The van der Waals surface area contributed by atoms with Gasteiger partial charge in [0.05, 0.1) is 6.04 Å². The first-order valence-corrected chi connectivity index (χ1v) is 4.98. The van der Waals surface area contributed by atoms with Crippen LogP contribution in [0.1, 0.15) is 34.1 Å². The quantitative estimate of drug-likeness (QED) is 0.560. The number of hydrogen-bond acceptors (Lipinski definition) is 4. The number of hydrogen-bond donors (Lipinski definition) is 1. The minimum Gasteiger partial charge on any atom is -0.465 e. The summed E-state index contributed by atoms with van der Waals surface area (Å²) in [6.07, 6.45) is 1.42. The van der Waals surface area contributed by atoms with Crippen molar-refractivity contribution in [3.05, 3.63) is 5.76 Å². The lowest BCUT2D eigenvalue weighted by molar-refractivity contribution is -0.115. The van der Waals surface area contributed by atoms with Gasteiger partial charge in [-0.25, -0.2) is 4.79 Å². The number of ether oxygens (including phenoxy) is 1. The van der Waals surface area contributed by atoms with E-state index >= 15 is 0 Å². The van der Waals surface area contributed by atoms with Crippen molar-refractivity contribution >= 4 is 12.2 Å². The molecular weight excluding hydrogens is 194 g/mol. The van der Waals surface area contributed by atoms with Crippen molar-refractivity contribution in [1.82, 2.24) is 5.32 Å². The molecule has 4 heteroatoms. The van der Waals surface area contributed by atoms with Crippen LogP contribution in [0.25, 0.3) is 0 Å². The van der Waals surface area contributed by atoms with E-state index in [0.717, 1.165) is 6.29 Å². The summed E-state index contributed by atoms with van der Waals surface area (Å²) in [7, 11) is 0. The molecule has 1 heterocycles. The highest BCUT2D eigenvalue weighted by molar-refractivity contribution is 5.59. The van der Waals surface area contributed by atoms with Gasteiger partial charge in [0, 0.05) is 5.41 Å². The molecule has 0 unspecified atom stereocenters. The summed E-state index contributed by atoms with van der Waals surface area (Å²) in [5.41, 5.74) is -1.03. The lowest BCUT2D eigenvalue weighted by Gasteiger charge is -2.21. The standard InChI is InChI=1S/C11H17NO3/c1-10(2,7-14)5-8-9(6-13)15-11(3,4)12-8/h7-8,12H,5H2,1-4H3/t8-/m0/s1. The average Bonchev–Trinajstić information content (AvgIpc) is 2.40. The molecule has 0 amide bonds. The lowest BCUT2D eigenvalue weighted by atomic mass is 9.87. The zero-order valence-electron chi connectivity index (χ0n) is 9.59. The Kier molecular flexibility index (Phi) is 3.03. The highest BCUT2D eigenvalue weighted by atomic mass is 16.5. The molecule has 0 aromatic heterocycles. The number of rotatable bonds is 3. The maximum Gasteiger partial charge on any atom is 0.199 e. The van der Waals surface area contributed by atoms with Crippen molar-refractivity contribution in [3.8, 4) is 0 Å². The molecule has 0 radical (unpaired) electrons. The Bertz CT molecular complexity index is 314. The second-order valence-electron chi connectivity index (χ2n) is 5.09. The molecule has 0 aromatic rings. The summed E-state index contributed by atoms with van der Waals surface area (Å²) in [5, 5.41) is 3.14. The van der Waals surface area contributed by atoms with Gasteiger partial charge in [0.2, 0.25) is 0 Å². The highest BCUT2D eigenvalue weighted by Gasteiger charge is 2.39. The van der Waals surface area contributed by atoms with E-state index in [-0.39, 0.29) is 11.8 Å². The zero-order valence-corrected chi connectivity index (χ0v) is 9.59. The smallest absolute Gasteiger partial charge is 0.199 e. The van der Waals surface area contributed by atoms with Gasteiger partial charge in [-0.2, -0.15) is 0 Å². The van der Waals surface area contributed by atoms with Crippen LogP contribution in [0.4, 0.5) is 0 Å². The molecule has 0 saturated carbocycles. The molecule has 1 rings (SSSR count). The summed E-state index contributed by atoms with van der Waals surface area (Å²) in [6, 6.07) is -0.224. The highest BCUT2D eigenvalue weighted by Crippen LogP contribution is 2.30. The molecule has 1 aliphatic rings. The normalized spacial score (nSPS) is 24.5. The minimum atomic E-state index is -0.559. The van der Waals surface area contributed by atoms with Crippen LogP contribution >= 0.6 is 0 Å². The van der Waals surface area contributed by atoms with Gasteiger partial charge in [-0.1, -0.05) is 13.8 Å². The molecule has 0 aliphatic carbocycles. The van der Waals surface area contributed by atoms with E-state index in [4.69, 9.17) is 4.74 Å². The van der Waals surface area contributed by atoms with E-state index in [1.165, 1.54) is 0 Å². The van der Waals surface area contributed by atoms with Crippen LogP contribution in [0.2, 0.25) is 0 Å². The van der Waals surface area contributed by atoms with Crippen LogP contribution < -0.4 is 5.32 Å². The Morgan fingerprint density at radius 1 is 1.60 bits per heavy atom. The van der Waals surface area contributed by atoms with E-state index in [0.29, 0.717) is 6.42 Å². The van der Waals surface area contributed by atoms with Gasteiger partial charge in [0.15, 0.2) is 17.4 Å². The predicted molar refractivity (Wildman–Crippen MR) is 55.8 cm³/mol. The second-order valence-corrected chi connectivity index (χ2v) is 5.09. The first-order chi connectivity index (χ1) is 6.79. The van der Waals surface area contributed by atoms with Crippen molar-refractivity contribution in [1.29, 1.82) is 0 Å². The van der Waals surface area contributed by atoms with Crippen molar-refractivity contribution in [2.24, 2.45) is 5.41 Å². The number of aldehydes is 1. The molecule has 1 N–H and O–H groups in total. The third-order valence-corrected chi connectivity index (χ3v) is 2.35. The Morgan fingerprint density at radius 3 is 2.67 bits per heavy atom. The molecule has 1 atom stereocenters. The average molecular weight is 211 g/mol. The van der Waals surface area contributed by atoms with Gasteiger partial charge in [0.1, 0.15) is 6.29 Å². The molecule has 1 fully saturated rings. The third kappa shape index (κ3) is 2.91. The van der Waals surface area contributed by atoms with Crippen molar-refractivity contribution in [2.75, 3.05) is 0 Å². The van der Waals surface area contributed by atoms with E-state index in [1.807, 2.05) is 27.7 Å². The van der Waals surface area contributed by atoms with Crippen LogP contribution in [-0.2, 0) is 14.3 Å². The molecule has 1 saturated heterocycles. The fourth-order valence-corrected chi connectivity index (χ4v) is 1.67. The van der Waals surface area contributed by atoms with Crippen LogP contribution in [0.15, 0.2) is 5.76 Å². The largest absolute Gasteiger partial charge is 0.465 e. The minimum absolute atomic E-state index is 0.224. The first-order valence-electron chi connectivity index (χ1n) is 4.98. The van der Waals surface area contributed by atoms with Gasteiger partial charge in [-0.05, 0) is 20.3 Å². The molecule has 84 valence electrons. The van der Waals surface area contributed by atoms with E-state index in [1.54, 1.807) is 5.94 Å². The van der Waals surface area contributed by atoms with Crippen molar-refractivity contribution in [2.45, 2.75) is 45.9 Å². The summed E-state index contributed by atoms with van der Waals surface area (Å²) >= 11 is 0. The number of carbonyl (C=O) groups excluding carboxylic acids is 2. The molecule has 4 nitrogen and oxygen atoms in total. The van der Waals surface area contributed by atoms with Crippen molar-refractivity contribution < 1.29 is 14.3 Å². The Morgan fingerprint density at radius 2 is 2.20 bits per heavy atom. The third-order valence-electron chi connectivity index (χ3n) is 2.35.